The fraction of sp³-hybridized carbons (Fsp3) is 0.357. The number of nitrogens with zero attached hydrogens (tertiary/aromatic N) is 1. The molecule has 0 aliphatic carbocycles. The highest BCUT2D eigenvalue weighted by molar-refractivity contribution is 6.77. The van der Waals surface area contributed by atoms with Crippen LogP contribution in [0.2, 0.25) is 0 Å². The van der Waals surface area contributed by atoms with Gasteiger partial charge in [0.2, 0.25) is 5.78 Å². The number of rotatable bonds is 1. The Bertz CT molecular complexity index is 558. The molecule has 0 saturated carbocycles. The highest BCUT2D eigenvalue weighted by atomic mass is 35.6. The Balaban J connectivity index is 2.51. The van der Waals surface area contributed by atoms with Gasteiger partial charge in [-0.15, -0.1) is 0 Å². The first-order valence-corrected chi connectivity index (χ1v) is 6.95. The monoisotopic (exact) mass is 317 g/mol. The molecular weight excluding hydrogens is 305 g/mol. The molecule has 0 N–H and O–H groups in total. The van der Waals surface area contributed by atoms with Crippen molar-refractivity contribution < 1.29 is 4.79 Å². The first-order valence-electron chi connectivity index (χ1n) is 5.82. The Morgan fingerprint density at radius 2 is 1.84 bits per heavy atom. The van der Waals surface area contributed by atoms with Crippen LogP contribution in [0.25, 0.3) is 0 Å². The largest absolute Gasteiger partial charge is 0.347 e. The number of likely N-dealkylation sites (N-methyl/N-ethyl adjacent to an activating group) is 1. The molecule has 102 valence electrons. The Morgan fingerprint density at radius 3 is 2.37 bits per heavy atom. The molecule has 0 spiro atoms. The van der Waals surface area contributed by atoms with Crippen LogP contribution in [0.3, 0.4) is 0 Å². The summed E-state index contributed by atoms with van der Waals surface area (Å²) in [6, 6.07) is 8.00. The Kier molecular flexibility index (Phi) is 3.63. The number of alkyl halides is 3. The summed E-state index contributed by atoms with van der Waals surface area (Å²) in [5.74, 6) is -0.528. The molecular formula is C14H14Cl3NO. The molecule has 5 heteroatoms. The van der Waals surface area contributed by atoms with Crippen LogP contribution < -0.4 is 4.90 Å². The zero-order valence-corrected chi connectivity index (χ0v) is 13.1. The number of carbonyl (C=O) groups excluding carboxylic acids is 1. The predicted molar refractivity (Wildman–Crippen MR) is 81.3 cm³/mol. The van der Waals surface area contributed by atoms with E-state index in [0.29, 0.717) is 0 Å². The lowest BCUT2D eigenvalue weighted by atomic mass is 9.83. The van der Waals surface area contributed by atoms with E-state index in [0.717, 1.165) is 16.9 Å². The Labute approximate surface area is 127 Å². The number of fused-ring (bicyclic) bond motifs is 1. The van der Waals surface area contributed by atoms with E-state index in [2.05, 4.69) is 0 Å². The first-order chi connectivity index (χ1) is 8.65. The molecule has 19 heavy (non-hydrogen) atoms. The summed E-state index contributed by atoms with van der Waals surface area (Å²) in [7, 11) is 1.91. The van der Waals surface area contributed by atoms with Crippen LogP contribution in [-0.4, -0.2) is 16.6 Å². The summed E-state index contributed by atoms with van der Waals surface area (Å²) in [6.07, 6.45) is 1.42. The summed E-state index contributed by atoms with van der Waals surface area (Å²) >= 11 is 16.9. The van der Waals surface area contributed by atoms with Crippen molar-refractivity contribution >= 4 is 46.3 Å². The maximum absolute atomic E-state index is 11.9. The van der Waals surface area contributed by atoms with Crippen LogP contribution in [0.15, 0.2) is 36.0 Å². The van der Waals surface area contributed by atoms with Crippen LogP contribution in [0, 0.1) is 0 Å². The SMILES string of the molecule is CN1/C(=C/C(=O)C(Cl)(Cl)Cl)C(C)(C)c2ccccc21. The van der Waals surface area contributed by atoms with E-state index in [4.69, 9.17) is 34.8 Å². The van der Waals surface area contributed by atoms with Gasteiger partial charge in [0.1, 0.15) is 0 Å². The number of allylic oxidation sites excluding steroid dienone is 2. The van der Waals surface area contributed by atoms with Gasteiger partial charge in [-0.2, -0.15) is 0 Å². The lowest BCUT2D eigenvalue weighted by Gasteiger charge is -2.24. The second-order valence-electron chi connectivity index (χ2n) is 5.09. The van der Waals surface area contributed by atoms with Crippen molar-refractivity contribution in [3.8, 4) is 0 Å². The molecule has 0 unspecified atom stereocenters. The number of hydrogen-bond donors (Lipinski definition) is 0. The fourth-order valence-electron chi connectivity index (χ4n) is 2.46. The molecule has 2 rings (SSSR count). The van der Waals surface area contributed by atoms with Gasteiger partial charge in [0, 0.05) is 29.9 Å². The standard InChI is InChI=1S/C14H14Cl3NO/c1-13(2)9-6-4-5-7-10(9)18(3)11(13)8-12(19)14(15,16)17/h4-8H,1-3H3/b11-8+. The third kappa shape index (κ3) is 2.49. The summed E-state index contributed by atoms with van der Waals surface area (Å²) in [5, 5.41) is 0. The second-order valence-corrected chi connectivity index (χ2v) is 7.37. The molecule has 1 aliphatic rings. The third-order valence-electron chi connectivity index (χ3n) is 3.49. The van der Waals surface area contributed by atoms with Crippen molar-refractivity contribution in [1.82, 2.24) is 0 Å². The van der Waals surface area contributed by atoms with E-state index in [1.54, 1.807) is 0 Å². The van der Waals surface area contributed by atoms with E-state index in [1.807, 2.05) is 50.1 Å². The Hall–Kier alpha value is -0.700. The molecule has 0 aromatic heterocycles. The summed E-state index contributed by atoms with van der Waals surface area (Å²) in [4.78, 5) is 13.9. The minimum absolute atomic E-state index is 0.295. The lowest BCUT2D eigenvalue weighted by molar-refractivity contribution is -0.113. The van der Waals surface area contributed by atoms with Crippen LogP contribution in [0.4, 0.5) is 5.69 Å². The average molecular weight is 319 g/mol. The van der Waals surface area contributed by atoms with Crippen LogP contribution >= 0.6 is 34.8 Å². The van der Waals surface area contributed by atoms with E-state index >= 15 is 0 Å². The van der Waals surface area contributed by atoms with E-state index in [9.17, 15) is 4.79 Å². The van der Waals surface area contributed by atoms with Crippen LogP contribution in [-0.2, 0) is 10.2 Å². The van der Waals surface area contributed by atoms with Gasteiger partial charge < -0.3 is 4.90 Å². The van der Waals surface area contributed by atoms with Crippen molar-refractivity contribution in [2.45, 2.75) is 23.1 Å². The van der Waals surface area contributed by atoms with Crippen molar-refractivity contribution in [3.05, 3.63) is 41.6 Å². The molecule has 1 heterocycles. The Morgan fingerprint density at radius 1 is 1.26 bits per heavy atom. The number of benzene rings is 1. The maximum atomic E-state index is 11.9. The van der Waals surface area contributed by atoms with Gasteiger partial charge in [-0.3, -0.25) is 4.79 Å². The topological polar surface area (TPSA) is 20.3 Å². The highest BCUT2D eigenvalue weighted by Crippen LogP contribution is 2.47. The molecule has 0 saturated heterocycles. The van der Waals surface area contributed by atoms with Gasteiger partial charge in [0.25, 0.3) is 3.79 Å². The van der Waals surface area contributed by atoms with Crippen molar-refractivity contribution in [2.75, 3.05) is 11.9 Å². The molecule has 2 nitrogen and oxygen atoms in total. The zero-order chi connectivity index (χ0) is 14.4. The van der Waals surface area contributed by atoms with Crippen molar-refractivity contribution in [1.29, 1.82) is 0 Å². The predicted octanol–water partition coefficient (Wildman–Crippen LogP) is 4.24. The van der Waals surface area contributed by atoms with Gasteiger partial charge in [0.15, 0.2) is 0 Å². The number of hydrogen-bond acceptors (Lipinski definition) is 2. The fourth-order valence-corrected chi connectivity index (χ4v) is 2.63. The molecule has 0 radical (unpaired) electrons. The minimum Gasteiger partial charge on any atom is -0.347 e. The molecule has 0 amide bonds. The number of para-hydroxylation sites is 1. The first kappa shape index (κ1) is 14.7. The maximum Gasteiger partial charge on any atom is 0.252 e. The smallest absolute Gasteiger partial charge is 0.252 e. The van der Waals surface area contributed by atoms with Gasteiger partial charge in [-0.25, -0.2) is 0 Å². The van der Waals surface area contributed by atoms with E-state index in [-0.39, 0.29) is 5.41 Å². The van der Waals surface area contributed by atoms with Gasteiger partial charge in [-0.1, -0.05) is 66.8 Å². The number of halogens is 3. The molecule has 0 fully saturated rings. The molecule has 1 aromatic carbocycles. The molecule has 0 bridgehead atoms. The van der Waals surface area contributed by atoms with Gasteiger partial charge >= 0.3 is 0 Å². The van der Waals surface area contributed by atoms with Crippen LogP contribution in [0.5, 0.6) is 0 Å². The number of carbonyl (C=O) groups is 1. The molecule has 1 aliphatic heterocycles. The molecule has 0 atom stereocenters. The van der Waals surface area contributed by atoms with E-state index < -0.39 is 9.58 Å². The summed E-state index contributed by atoms with van der Waals surface area (Å²) < 4.78 is -1.92. The molecule has 1 aromatic rings. The number of anilines is 1. The highest BCUT2D eigenvalue weighted by Gasteiger charge is 2.40. The zero-order valence-electron chi connectivity index (χ0n) is 10.9. The average Bonchev–Trinajstić information content (AvgIpc) is 2.50. The second kappa shape index (κ2) is 4.69. The normalized spacial score (nSPS) is 19.7. The lowest BCUT2D eigenvalue weighted by Crippen LogP contribution is -2.26. The van der Waals surface area contributed by atoms with Gasteiger partial charge in [-0.05, 0) is 11.6 Å². The van der Waals surface area contributed by atoms with E-state index in [1.165, 1.54) is 6.08 Å². The number of ketones is 1. The van der Waals surface area contributed by atoms with Crippen LogP contribution in [0.1, 0.15) is 19.4 Å². The summed E-state index contributed by atoms with van der Waals surface area (Å²) in [5.41, 5.74) is 2.75. The third-order valence-corrected chi connectivity index (χ3v) is 4.05. The van der Waals surface area contributed by atoms with Crippen molar-refractivity contribution in [2.24, 2.45) is 0 Å². The van der Waals surface area contributed by atoms with Gasteiger partial charge in [0.05, 0.1) is 0 Å². The minimum atomic E-state index is -1.92. The summed E-state index contributed by atoms with van der Waals surface area (Å²) in [6.45, 7) is 4.10. The quantitative estimate of drug-likeness (QED) is 0.570. The van der Waals surface area contributed by atoms with Crippen molar-refractivity contribution in [3.63, 3.8) is 0 Å².